The Morgan fingerprint density at radius 2 is 1.55 bits per heavy atom. The van der Waals surface area contributed by atoms with E-state index in [9.17, 15) is 18.0 Å². The van der Waals surface area contributed by atoms with E-state index in [0.29, 0.717) is 17.9 Å². The summed E-state index contributed by atoms with van der Waals surface area (Å²) < 4.78 is 40.0. The van der Waals surface area contributed by atoms with Crippen LogP contribution in [0.25, 0.3) is 0 Å². The van der Waals surface area contributed by atoms with E-state index < -0.39 is 28.5 Å². The molecule has 0 bridgehead atoms. The summed E-state index contributed by atoms with van der Waals surface area (Å²) in [6.07, 6.45) is 0.344. The van der Waals surface area contributed by atoms with Gasteiger partial charge in [0.1, 0.15) is 12.6 Å². The minimum atomic E-state index is -4.21. The van der Waals surface area contributed by atoms with Gasteiger partial charge in [0, 0.05) is 18.7 Å². The molecule has 226 valence electrons. The lowest BCUT2D eigenvalue weighted by Gasteiger charge is -2.34. The molecule has 3 aromatic carbocycles. The fourth-order valence-corrected chi connectivity index (χ4v) is 6.02. The van der Waals surface area contributed by atoms with Gasteiger partial charge in [-0.1, -0.05) is 48.9 Å². The van der Waals surface area contributed by atoms with E-state index in [1.54, 1.807) is 24.3 Å². The molecule has 3 rings (SSSR count). The first-order chi connectivity index (χ1) is 19.9. The number of carbonyl (C=O) groups is 2. The fraction of sp³-hybridized carbons (Fsp3) is 0.375. The first-order valence-electron chi connectivity index (χ1n) is 13.9. The Hall–Kier alpha value is -4.05. The number of carbonyl (C=O) groups excluding carboxylic acids is 2. The van der Waals surface area contributed by atoms with Crippen LogP contribution in [0.15, 0.2) is 71.6 Å². The summed E-state index contributed by atoms with van der Waals surface area (Å²) >= 11 is 0. The molecule has 0 aliphatic carbocycles. The van der Waals surface area contributed by atoms with Crippen molar-refractivity contribution in [3.63, 3.8) is 0 Å². The molecule has 1 N–H and O–H groups in total. The maximum absolute atomic E-state index is 14.2. The average Bonchev–Trinajstić information content (AvgIpc) is 2.96. The van der Waals surface area contributed by atoms with Gasteiger partial charge in [0.05, 0.1) is 24.8 Å². The van der Waals surface area contributed by atoms with Gasteiger partial charge in [-0.3, -0.25) is 13.9 Å². The van der Waals surface area contributed by atoms with Crippen LogP contribution in [0.1, 0.15) is 43.9 Å². The summed E-state index contributed by atoms with van der Waals surface area (Å²) in [6.45, 7) is 8.93. The minimum absolute atomic E-state index is 0.0331. The molecule has 42 heavy (non-hydrogen) atoms. The van der Waals surface area contributed by atoms with Crippen LogP contribution in [0.2, 0.25) is 0 Å². The molecule has 9 nitrogen and oxygen atoms in total. The molecule has 0 fully saturated rings. The fourth-order valence-electron chi connectivity index (χ4n) is 4.62. The van der Waals surface area contributed by atoms with E-state index in [4.69, 9.17) is 9.47 Å². The molecular weight excluding hydrogens is 554 g/mol. The number of hydrogen-bond donors (Lipinski definition) is 1. The Bertz CT molecular complexity index is 1490. The van der Waals surface area contributed by atoms with E-state index in [1.807, 2.05) is 58.9 Å². The molecule has 0 spiro atoms. The van der Waals surface area contributed by atoms with Gasteiger partial charge in [0.25, 0.3) is 10.0 Å². The maximum Gasteiger partial charge on any atom is 0.264 e. The van der Waals surface area contributed by atoms with Gasteiger partial charge in [-0.25, -0.2) is 8.42 Å². The van der Waals surface area contributed by atoms with Crippen LogP contribution >= 0.6 is 0 Å². The number of nitrogens with one attached hydrogen (secondary N) is 1. The predicted molar refractivity (Wildman–Crippen MR) is 164 cm³/mol. The van der Waals surface area contributed by atoms with Crippen LogP contribution in [0, 0.1) is 13.8 Å². The lowest BCUT2D eigenvalue weighted by Crippen LogP contribution is -2.53. The number of amides is 2. The summed E-state index contributed by atoms with van der Waals surface area (Å²) in [5.74, 6) is -0.0908. The summed E-state index contributed by atoms with van der Waals surface area (Å²) in [6, 6.07) is 17.8. The van der Waals surface area contributed by atoms with E-state index in [-0.39, 0.29) is 29.1 Å². The summed E-state index contributed by atoms with van der Waals surface area (Å²) in [5.41, 5.74) is 2.94. The molecule has 0 aliphatic heterocycles. The molecule has 10 heteroatoms. The third kappa shape index (κ3) is 7.61. The van der Waals surface area contributed by atoms with Crippen molar-refractivity contribution in [1.82, 2.24) is 10.2 Å². The number of anilines is 1. The highest BCUT2D eigenvalue weighted by Gasteiger charge is 2.34. The van der Waals surface area contributed by atoms with Crippen molar-refractivity contribution < 1.29 is 27.5 Å². The Morgan fingerprint density at radius 3 is 2.12 bits per heavy atom. The number of ether oxygens (including phenoxy) is 2. The van der Waals surface area contributed by atoms with Crippen molar-refractivity contribution in [2.75, 3.05) is 25.1 Å². The molecule has 0 saturated heterocycles. The zero-order chi connectivity index (χ0) is 31.0. The van der Waals surface area contributed by atoms with Gasteiger partial charge in [0.2, 0.25) is 11.8 Å². The standard InChI is InChI=1S/C32H41N3O6S/c1-8-28(32(37)33-22(2)3)34(20-25-12-10-9-11-24(25)5)31(36)21-35(26-15-18-29(40-6)30(19-26)41-7)42(38,39)27-16-13-23(4)14-17-27/h9-19,22,28H,8,20-21H2,1-7H3,(H,33,37)/t28-/m0/s1. The van der Waals surface area contributed by atoms with Gasteiger partial charge < -0.3 is 19.7 Å². The highest BCUT2D eigenvalue weighted by atomic mass is 32.2. The first kappa shape index (κ1) is 32.5. The van der Waals surface area contributed by atoms with Gasteiger partial charge in [-0.05, 0) is 69.5 Å². The number of aryl methyl sites for hydroxylation is 2. The van der Waals surface area contributed by atoms with Crippen molar-refractivity contribution in [3.8, 4) is 11.5 Å². The summed E-state index contributed by atoms with van der Waals surface area (Å²) in [7, 11) is -1.27. The van der Waals surface area contributed by atoms with Crippen molar-refractivity contribution >= 4 is 27.5 Å². The van der Waals surface area contributed by atoms with E-state index in [2.05, 4.69) is 5.32 Å². The molecule has 0 heterocycles. The second-order valence-electron chi connectivity index (χ2n) is 10.4. The minimum Gasteiger partial charge on any atom is -0.493 e. The molecular formula is C32H41N3O6S. The SMILES string of the molecule is CC[C@@H](C(=O)NC(C)C)N(Cc1ccccc1C)C(=O)CN(c1ccc(OC)c(OC)c1)S(=O)(=O)c1ccc(C)cc1. The number of sulfonamides is 1. The number of benzene rings is 3. The average molecular weight is 596 g/mol. The number of nitrogens with zero attached hydrogens (tertiary/aromatic N) is 2. The van der Waals surface area contributed by atoms with Crippen molar-refractivity contribution in [2.45, 2.75) is 64.6 Å². The molecule has 0 aromatic heterocycles. The molecule has 0 unspecified atom stereocenters. The highest BCUT2D eigenvalue weighted by molar-refractivity contribution is 7.92. The topological polar surface area (TPSA) is 105 Å². The largest absolute Gasteiger partial charge is 0.493 e. The zero-order valence-electron chi connectivity index (χ0n) is 25.4. The van der Waals surface area contributed by atoms with Gasteiger partial charge >= 0.3 is 0 Å². The van der Waals surface area contributed by atoms with Crippen LogP contribution in [0.3, 0.4) is 0 Å². The summed E-state index contributed by atoms with van der Waals surface area (Å²) in [5, 5.41) is 2.91. The maximum atomic E-state index is 14.2. The predicted octanol–water partition coefficient (Wildman–Crippen LogP) is 4.85. The Kier molecular flexibility index (Phi) is 11.0. The molecule has 0 aliphatic rings. The number of rotatable bonds is 13. The van der Waals surface area contributed by atoms with E-state index >= 15 is 0 Å². The van der Waals surface area contributed by atoms with Crippen LogP contribution in [-0.2, 0) is 26.2 Å². The lowest BCUT2D eigenvalue weighted by atomic mass is 10.1. The second kappa shape index (κ2) is 14.2. The number of hydrogen-bond acceptors (Lipinski definition) is 6. The molecule has 0 radical (unpaired) electrons. The molecule has 1 atom stereocenters. The smallest absolute Gasteiger partial charge is 0.264 e. The van der Waals surface area contributed by atoms with Gasteiger partial charge in [0.15, 0.2) is 11.5 Å². The van der Waals surface area contributed by atoms with E-state index in [0.717, 1.165) is 21.0 Å². The quantitative estimate of drug-likeness (QED) is 0.303. The number of methoxy groups -OCH3 is 2. The van der Waals surface area contributed by atoms with Crippen LogP contribution in [0.5, 0.6) is 11.5 Å². The van der Waals surface area contributed by atoms with Crippen LogP contribution in [0.4, 0.5) is 5.69 Å². The third-order valence-electron chi connectivity index (χ3n) is 6.96. The Morgan fingerprint density at radius 1 is 0.905 bits per heavy atom. The third-order valence-corrected chi connectivity index (χ3v) is 8.75. The van der Waals surface area contributed by atoms with Crippen molar-refractivity contribution in [3.05, 3.63) is 83.4 Å². The van der Waals surface area contributed by atoms with Crippen LogP contribution in [-0.4, -0.2) is 58.0 Å². The molecule has 3 aromatic rings. The monoisotopic (exact) mass is 595 g/mol. The lowest BCUT2D eigenvalue weighted by molar-refractivity contribution is -0.140. The first-order valence-corrected chi connectivity index (χ1v) is 15.3. The van der Waals surface area contributed by atoms with E-state index in [1.165, 1.54) is 37.3 Å². The van der Waals surface area contributed by atoms with Crippen molar-refractivity contribution in [1.29, 1.82) is 0 Å². The summed E-state index contributed by atoms with van der Waals surface area (Å²) in [4.78, 5) is 29.0. The Labute approximate surface area is 249 Å². The molecule has 2 amide bonds. The second-order valence-corrected chi connectivity index (χ2v) is 12.3. The normalized spacial score (nSPS) is 12.0. The van der Waals surface area contributed by atoms with Crippen molar-refractivity contribution in [2.24, 2.45) is 0 Å². The Balaban J connectivity index is 2.13. The zero-order valence-corrected chi connectivity index (χ0v) is 26.2. The highest BCUT2D eigenvalue weighted by Crippen LogP contribution is 2.34. The van der Waals surface area contributed by atoms with Gasteiger partial charge in [-0.15, -0.1) is 0 Å². The van der Waals surface area contributed by atoms with Gasteiger partial charge in [-0.2, -0.15) is 0 Å². The van der Waals surface area contributed by atoms with Crippen LogP contribution < -0.4 is 19.1 Å². The molecule has 0 saturated carbocycles.